The van der Waals surface area contributed by atoms with E-state index in [4.69, 9.17) is 39.5 Å². The van der Waals surface area contributed by atoms with E-state index in [1.54, 1.807) is 42.1 Å². The highest BCUT2D eigenvalue weighted by Crippen LogP contribution is 2.24. The molecular weight excluding hydrogens is 461 g/mol. The van der Waals surface area contributed by atoms with Gasteiger partial charge in [0.25, 0.3) is 5.91 Å². The molecule has 156 valence electrons. The van der Waals surface area contributed by atoms with Crippen molar-refractivity contribution in [2.45, 2.75) is 12.4 Å². The van der Waals surface area contributed by atoms with Gasteiger partial charge in [-0.05, 0) is 48.0 Å². The fourth-order valence-corrected chi connectivity index (χ4v) is 3.95. The normalized spacial score (nSPS) is 10.6. The maximum absolute atomic E-state index is 12.3. The Balaban J connectivity index is 1.39. The maximum atomic E-state index is 12.3. The molecular formula is C23H20Cl3NO2S. The third-order valence-electron chi connectivity index (χ3n) is 4.25. The van der Waals surface area contributed by atoms with E-state index in [0.717, 1.165) is 22.6 Å². The number of ether oxygens (including phenoxy) is 1. The van der Waals surface area contributed by atoms with Crippen LogP contribution < -0.4 is 10.1 Å². The molecule has 0 radical (unpaired) electrons. The standard InChI is InChI=1S/C23H20Cl3NO2S/c24-20-4-2-1-3-18(20)14-29-19-8-6-17(7-9-19)23(28)27-11-12-30-15-16-5-10-21(25)22(26)13-16/h1-10,13H,11-12,14-15H2,(H,27,28). The molecule has 1 amide bonds. The van der Waals surface area contributed by atoms with Crippen molar-refractivity contribution in [2.75, 3.05) is 12.3 Å². The molecule has 0 aliphatic rings. The monoisotopic (exact) mass is 479 g/mol. The van der Waals surface area contributed by atoms with Gasteiger partial charge < -0.3 is 10.1 Å². The Hall–Kier alpha value is -1.85. The largest absolute Gasteiger partial charge is 0.489 e. The van der Waals surface area contributed by atoms with E-state index in [-0.39, 0.29) is 5.91 Å². The molecule has 0 saturated carbocycles. The van der Waals surface area contributed by atoms with Crippen LogP contribution >= 0.6 is 46.6 Å². The lowest BCUT2D eigenvalue weighted by Gasteiger charge is -2.09. The second-order valence-corrected chi connectivity index (χ2v) is 8.79. The lowest BCUT2D eigenvalue weighted by Crippen LogP contribution is -2.25. The molecule has 1 N–H and O–H groups in total. The van der Waals surface area contributed by atoms with E-state index in [9.17, 15) is 4.79 Å². The number of amides is 1. The van der Waals surface area contributed by atoms with Gasteiger partial charge >= 0.3 is 0 Å². The minimum absolute atomic E-state index is 0.109. The van der Waals surface area contributed by atoms with Crippen LogP contribution in [0.25, 0.3) is 0 Å². The van der Waals surface area contributed by atoms with Crippen molar-refractivity contribution in [1.29, 1.82) is 0 Å². The third kappa shape index (κ3) is 6.85. The third-order valence-corrected chi connectivity index (χ3v) is 6.39. The van der Waals surface area contributed by atoms with Crippen LogP contribution in [0.1, 0.15) is 21.5 Å². The van der Waals surface area contributed by atoms with Gasteiger partial charge in [-0.15, -0.1) is 0 Å². The lowest BCUT2D eigenvalue weighted by molar-refractivity contribution is 0.0956. The zero-order chi connectivity index (χ0) is 21.3. The number of rotatable bonds is 9. The summed E-state index contributed by atoms with van der Waals surface area (Å²) in [6, 6.07) is 20.2. The van der Waals surface area contributed by atoms with Crippen molar-refractivity contribution in [3.8, 4) is 5.75 Å². The van der Waals surface area contributed by atoms with E-state index in [1.165, 1.54) is 0 Å². The summed E-state index contributed by atoms with van der Waals surface area (Å²) in [6.07, 6.45) is 0. The van der Waals surface area contributed by atoms with Gasteiger partial charge in [-0.2, -0.15) is 11.8 Å². The number of thioether (sulfide) groups is 1. The molecule has 7 heteroatoms. The van der Waals surface area contributed by atoms with Gasteiger partial charge in [-0.25, -0.2) is 0 Å². The van der Waals surface area contributed by atoms with Crippen LogP contribution in [-0.4, -0.2) is 18.2 Å². The Kier molecular flexibility index (Phi) is 8.76. The Morgan fingerprint density at radius 1 is 0.900 bits per heavy atom. The first-order valence-electron chi connectivity index (χ1n) is 9.29. The molecule has 3 aromatic rings. The van der Waals surface area contributed by atoms with Gasteiger partial charge in [0.05, 0.1) is 10.0 Å². The summed E-state index contributed by atoms with van der Waals surface area (Å²) in [4.78, 5) is 12.3. The smallest absolute Gasteiger partial charge is 0.251 e. The zero-order valence-electron chi connectivity index (χ0n) is 16.0. The second-order valence-electron chi connectivity index (χ2n) is 6.46. The SMILES string of the molecule is O=C(NCCSCc1ccc(Cl)c(Cl)c1)c1ccc(OCc2ccccc2Cl)cc1. The average Bonchev–Trinajstić information content (AvgIpc) is 2.75. The number of halogens is 3. The van der Waals surface area contributed by atoms with Gasteiger partial charge in [0.15, 0.2) is 0 Å². The van der Waals surface area contributed by atoms with Gasteiger partial charge in [0, 0.05) is 34.2 Å². The van der Waals surface area contributed by atoms with Crippen LogP contribution in [0.5, 0.6) is 5.75 Å². The van der Waals surface area contributed by atoms with Crippen molar-refractivity contribution >= 4 is 52.5 Å². The number of carbonyl (C=O) groups is 1. The van der Waals surface area contributed by atoms with Crippen LogP contribution in [0.3, 0.4) is 0 Å². The molecule has 0 heterocycles. The summed E-state index contributed by atoms with van der Waals surface area (Å²) in [6.45, 7) is 0.955. The minimum Gasteiger partial charge on any atom is -0.489 e. The van der Waals surface area contributed by atoms with Gasteiger partial charge in [0.1, 0.15) is 12.4 Å². The van der Waals surface area contributed by atoms with Crippen molar-refractivity contribution in [3.63, 3.8) is 0 Å². The summed E-state index contributed by atoms with van der Waals surface area (Å²) in [5.41, 5.74) is 2.61. The fourth-order valence-electron chi connectivity index (χ4n) is 2.64. The first-order chi connectivity index (χ1) is 14.5. The Bertz CT molecular complexity index is 996. The topological polar surface area (TPSA) is 38.3 Å². The van der Waals surface area contributed by atoms with Crippen molar-refractivity contribution in [3.05, 3.63) is 98.5 Å². The summed E-state index contributed by atoms with van der Waals surface area (Å²) < 4.78 is 5.74. The van der Waals surface area contributed by atoms with E-state index >= 15 is 0 Å². The number of hydrogen-bond donors (Lipinski definition) is 1. The van der Waals surface area contributed by atoms with Gasteiger partial charge in [-0.1, -0.05) is 59.1 Å². The van der Waals surface area contributed by atoms with Crippen LogP contribution in [0.4, 0.5) is 0 Å². The number of benzene rings is 3. The first kappa shape index (κ1) is 22.8. The summed E-state index contributed by atoms with van der Waals surface area (Å²) >= 11 is 19.8. The Morgan fingerprint density at radius 2 is 1.67 bits per heavy atom. The van der Waals surface area contributed by atoms with Crippen LogP contribution in [-0.2, 0) is 12.4 Å². The Labute approximate surface area is 195 Å². The highest BCUT2D eigenvalue weighted by atomic mass is 35.5. The molecule has 0 aromatic heterocycles. The highest BCUT2D eigenvalue weighted by molar-refractivity contribution is 7.98. The van der Waals surface area contributed by atoms with E-state index in [2.05, 4.69) is 5.32 Å². The van der Waals surface area contributed by atoms with E-state index < -0.39 is 0 Å². The predicted octanol–water partition coefficient (Wildman–Crippen LogP) is 6.89. The minimum atomic E-state index is -0.109. The molecule has 0 bridgehead atoms. The van der Waals surface area contributed by atoms with Crippen LogP contribution in [0.2, 0.25) is 15.1 Å². The summed E-state index contributed by atoms with van der Waals surface area (Å²) in [7, 11) is 0. The molecule has 0 fully saturated rings. The quantitative estimate of drug-likeness (QED) is 0.339. The van der Waals surface area contributed by atoms with Crippen LogP contribution in [0, 0.1) is 0 Å². The molecule has 0 atom stereocenters. The Morgan fingerprint density at radius 3 is 2.40 bits per heavy atom. The fraction of sp³-hybridized carbons (Fsp3) is 0.174. The van der Waals surface area contributed by atoms with Crippen molar-refractivity contribution in [2.24, 2.45) is 0 Å². The number of hydrogen-bond acceptors (Lipinski definition) is 3. The van der Waals surface area contributed by atoms with Gasteiger partial charge in [0.2, 0.25) is 0 Å². The van der Waals surface area contributed by atoms with E-state index in [0.29, 0.717) is 39.5 Å². The van der Waals surface area contributed by atoms with Crippen molar-refractivity contribution < 1.29 is 9.53 Å². The molecule has 3 aromatic carbocycles. The predicted molar refractivity (Wildman–Crippen MR) is 127 cm³/mol. The molecule has 0 saturated heterocycles. The average molecular weight is 481 g/mol. The molecule has 3 nitrogen and oxygen atoms in total. The zero-order valence-corrected chi connectivity index (χ0v) is 19.1. The summed E-state index contributed by atoms with van der Waals surface area (Å²) in [5.74, 6) is 2.18. The van der Waals surface area contributed by atoms with Crippen LogP contribution in [0.15, 0.2) is 66.7 Å². The van der Waals surface area contributed by atoms with Crippen molar-refractivity contribution in [1.82, 2.24) is 5.32 Å². The molecule has 0 aliphatic carbocycles. The maximum Gasteiger partial charge on any atom is 0.251 e. The second kappa shape index (κ2) is 11.5. The highest BCUT2D eigenvalue weighted by Gasteiger charge is 2.06. The molecule has 0 unspecified atom stereocenters. The molecule has 0 aliphatic heterocycles. The number of nitrogens with one attached hydrogen (secondary N) is 1. The molecule has 30 heavy (non-hydrogen) atoms. The van der Waals surface area contributed by atoms with Gasteiger partial charge in [-0.3, -0.25) is 4.79 Å². The summed E-state index contributed by atoms with van der Waals surface area (Å²) in [5, 5.41) is 4.71. The first-order valence-corrected chi connectivity index (χ1v) is 11.6. The molecule has 3 rings (SSSR count). The molecule has 0 spiro atoms. The lowest BCUT2D eigenvalue weighted by atomic mass is 10.2. The van der Waals surface area contributed by atoms with E-state index in [1.807, 2.05) is 36.4 Å². The number of carbonyl (C=O) groups excluding carboxylic acids is 1.